The summed E-state index contributed by atoms with van der Waals surface area (Å²) in [5, 5.41) is 0. The van der Waals surface area contributed by atoms with E-state index < -0.39 is 6.10 Å². The quantitative estimate of drug-likeness (QED) is 0.567. The number of rotatable bonds is 7. The average Bonchev–Trinajstić information content (AvgIpc) is 2.94. The molecule has 1 aromatic carbocycles. The highest BCUT2D eigenvalue weighted by molar-refractivity contribution is 5.99. The second-order valence-corrected chi connectivity index (χ2v) is 6.57. The molecule has 0 saturated heterocycles. The van der Waals surface area contributed by atoms with E-state index in [1.54, 1.807) is 6.92 Å². The van der Waals surface area contributed by atoms with Crippen molar-refractivity contribution in [1.29, 1.82) is 0 Å². The lowest BCUT2D eigenvalue weighted by molar-refractivity contribution is -0.150. The third-order valence-corrected chi connectivity index (χ3v) is 4.35. The molecule has 1 aliphatic heterocycles. The summed E-state index contributed by atoms with van der Waals surface area (Å²) in [6, 6.07) is 3.76. The molecule has 0 saturated carbocycles. The van der Waals surface area contributed by atoms with Crippen LogP contribution in [0.5, 0.6) is 5.75 Å². The highest BCUT2D eigenvalue weighted by Crippen LogP contribution is 2.33. The van der Waals surface area contributed by atoms with Gasteiger partial charge < -0.3 is 14.4 Å². The number of aryl methyl sites for hydroxylation is 1. The molecule has 24 heavy (non-hydrogen) atoms. The van der Waals surface area contributed by atoms with Gasteiger partial charge in [0.1, 0.15) is 5.75 Å². The van der Waals surface area contributed by atoms with Crippen LogP contribution in [0.2, 0.25) is 0 Å². The summed E-state index contributed by atoms with van der Waals surface area (Å²) in [5.74, 6) is 0.465. The number of hydrogen-bond acceptors (Lipinski definition) is 5. The highest BCUT2D eigenvalue weighted by Gasteiger charge is 2.32. The van der Waals surface area contributed by atoms with Gasteiger partial charge in [-0.1, -0.05) is 6.92 Å². The Morgan fingerprint density at radius 3 is 2.62 bits per heavy atom. The Morgan fingerprint density at radius 2 is 2.04 bits per heavy atom. The van der Waals surface area contributed by atoms with Gasteiger partial charge in [0.15, 0.2) is 11.9 Å². The van der Waals surface area contributed by atoms with E-state index in [0.29, 0.717) is 18.8 Å². The molecule has 1 aromatic rings. The Bertz CT molecular complexity index is 624. The number of fused-ring (bicyclic) bond motifs is 1. The monoisotopic (exact) mass is 333 g/mol. The maximum Gasteiger partial charge on any atom is 0.347 e. The third-order valence-electron chi connectivity index (χ3n) is 4.35. The van der Waals surface area contributed by atoms with E-state index in [1.807, 2.05) is 45.0 Å². The standard InChI is InChI=1S/C19H27NO4/c1-6-13(11-20(4)5)18(21)15-9-14-10-17(19(22)23-7-2)24-16(14)8-12(15)3/h8-9,13,17H,6-7,10-11H2,1-5H3. The minimum atomic E-state index is -0.603. The predicted molar refractivity (Wildman–Crippen MR) is 92.6 cm³/mol. The van der Waals surface area contributed by atoms with Crippen molar-refractivity contribution < 1.29 is 19.1 Å². The summed E-state index contributed by atoms with van der Waals surface area (Å²) in [4.78, 5) is 26.8. The summed E-state index contributed by atoms with van der Waals surface area (Å²) in [7, 11) is 3.95. The average molecular weight is 333 g/mol. The van der Waals surface area contributed by atoms with Gasteiger partial charge in [0.2, 0.25) is 0 Å². The van der Waals surface area contributed by atoms with Crippen LogP contribution < -0.4 is 4.74 Å². The summed E-state index contributed by atoms with van der Waals surface area (Å²) in [6.07, 6.45) is 0.655. The maximum atomic E-state index is 12.9. The summed E-state index contributed by atoms with van der Waals surface area (Å²) in [6.45, 7) is 6.79. The smallest absolute Gasteiger partial charge is 0.347 e. The van der Waals surface area contributed by atoms with Gasteiger partial charge in [0.05, 0.1) is 6.61 Å². The SMILES string of the molecule is CCOC(=O)C1Cc2cc(C(=O)C(CC)CN(C)C)c(C)cc2O1. The molecular formula is C19H27NO4. The third kappa shape index (κ3) is 3.96. The molecule has 0 radical (unpaired) electrons. The first-order chi connectivity index (χ1) is 11.4. The van der Waals surface area contributed by atoms with Gasteiger partial charge in [-0.2, -0.15) is 0 Å². The normalized spacial score (nSPS) is 17.3. The Balaban J connectivity index is 2.22. The zero-order valence-corrected chi connectivity index (χ0v) is 15.2. The Hall–Kier alpha value is -1.88. The molecule has 2 atom stereocenters. The molecule has 0 amide bonds. The molecule has 0 aliphatic carbocycles. The van der Waals surface area contributed by atoms with E-state index in [4.69, 9.17) is 9.47 Å². The van der Waals surface area contributed by atoms with Crippen molar-refractivity contribution in [3.8, 4) is 5.75 Å². The topological polar surface area (TPSA) is 55.8 Å². The summed E-state index contributed by atoms with van der Waals surface area (Å²) < 4.78 is 10.7. The van der Waals surface area contributed by atoms with E-state index in [-0.39, 0.29) is 17.7 Å². The van der Waals surface area contributed by atoms with Crippen LogP contribution in [0.3, 0.4) is 0 Å². The number of nitrogens with zero attached hydrogens (tertiary/aromatic N) is 1. The predicted octanol–water partition coefficient (Wildman–Crippen LogP) is 2.63. The zero-order valence-electron chi connectivity index (χ0n) is 15.2. The van der Waals surface area contributed by atoms with Gasteiger partial charge in [0.25, 0.3) is 0 Å². The lowest BCUT2D eigenvalue weighted by Gasteiger charge is -2.19. The molecule has 0 bridgehead atoms. The zero-order chi connectivity index (χ0) is 17.9. The molecular weight excluding hydrogens is 306 g/mol. The molecule has 0 aromatic heterocycles. The van der Waals surface area contributed by atoms with Crippen LogP contribution in [0.1, 0.15) is 41.8 Å². The van der Waals surface area contributed by atoms with Crippen LogP contribution in [-0.2, 0) is 16.0 Å². The lowest BCUT2D eigenvalue weighted by atomic mass is 9.90. The van der Waals surface area contributed by atoms with Crippen LogP contribution >= 0.6 is 0 Å². The Kier molecular flexibility index (Phi) is 5.99. The minimum Gasteiger partial charge on any atom is -0.478 e. The number of ether oxygens (including phenoxy) is 2. The lowest BCUT2D eigenvalue weighted by Crippen LogP contribution is -2.28. The van der Waals surface area contributed by atoms with Gasteiger partial charge in [-0.05, 0) is 57.6 Å². The van der Waals surface area contributed by atoms with Crippen molar-refractivity contribution in [1.82, 2.24) is 4.90 Å². The number of Topliss-reactive ketones (excluding diaryl/α,β-unsaturated/α-hetero) is 1. The first-order valence-corrected chi connectivity index (χ1v) is 8.53. The van der Waals surface area contributed by atoms with Crippen molar-refractivity contribution in [3.63, 3.8) is 0 Å². The molecule has 5 nitrogen and oxygen atoms in total. The number of carbonyl (C=O) groups excluding carboxylic acids is 2. The van der Waals surface area contributed by atoms with E-state index in [2.05, 4.69) is 0 Å². The first kappa shape index (κ1) is 18.5. The molecule has 132 valence electrons. The summed E-state index contributed by atoms with van der Waals surface area (Å²) >= 11 is 0. The van der Waals surface area contributed by atoms with E-state index in [1.165, 1.54) is 0 Å². The van der Waals surface area contributed by atoms with Gasteiger partial charge in [-0.15, -0.1) is 0 Å². The number of hydrogen-bond donors (Lipinski definition) is 0. The fourth-order valence-corrected chi connectivity index (χ4v) is 3.08. The van der Waals surface area contributed by atoms with Crippen LogP contribution in [0.15, 0.2) is 12.1 Å². The van der Waals surface area contributed by atoms with Crippen LogP contribution in [0, 0.1) is 12.8 Å². The Labute approximate surface area is 143 Å². The molecule has 0 fully saturated rings. The van der Waals surface area contributed by atoms with Crippen molar-refractivity contribution in [2.75, 3.05) is 27.2 Å². The number of ketones is 1. The van der Waals surface area contributed by atoms with Crippen LogP contribution in [0.4, 0.5) is 0 Å². The van der Waals surface area contributed by atoms with Gasteiger partial charge >= 0.3 is 5.97 Å². The molecule has 1 heterocycles. The van der Waals surface area contributed by atoms with Crippen LogP contribution in [-0.4, -0.2) is 50.0 Å². The van der Waals surface area contributed by atoms with Crippen molar-refractivity contribution >= 4 is 11.8 Å². The number of esters is 1. The second kappa shape index (κ2) is 7.79. The van der Waals surface area contributed by atoms with Crippen molar-refractivity contribution in [3.05, 3.63) is 28.8 Å². The number of benzene rings is 1. The number of carbonyl (C=O) groups is 2. The molecule has 5 heteroatoms. The van der Waals surface area contributed by atoms with Gasteiger partial charge in [-0.25, -0.2) is 4.79 Å². The van der Waals surface area contributed by atoms with Gasteiger partial charge in [0, 0.05) is 24.4 Å². The highest BCUT2D eigenvalue weighted by atomic mass is 16.6. The molecule has 2 unspecified atom stereocenters. The van der Waals surface area contributed by atoms with E-state index in [9.17, 15) is 9.59 Å². The van der Waals surface area contributed by atoms with Crippen LogP contribution in [0.25, 0.3) is 0 Å². The maximum absolute atomic E-state index is 12.9. The molecule has 1 aliphatic rings. The minimum absolute atomic E-state index is 0.0278. The largest absolute Gasteiger partial charge is 0.478 e. The summed E-state index contributed by atoms with van der Waals surface area (Å²) in [5.41, 5.74) is 2.53. The van der Waals surface area contributed by atoms with Crippen molar-refractivity contribution in [2.45, 2.75) is 39.7 Å². The Morgan fingerprint density at radius 1 is 1.33 bits per heavy atom. The van der Waals surface area contributed by atoms with E-state index in [0.717, 1.165) is 29.7 Å². The fourth-order valence-electron chi connectivity index (χ4n) is 3.08. The van der Waals surface area contributed by atoms with Crippen molar-refractivity contribution in [2.24, 2.45) is 5.92 Å². The first-order valence-electron chi connectivity index (χ1n) is 8.53. The van der Waals surface area contributed by atoms with E-state index >= 15 is 0 Å². The molecule has 2 rings (SSSR count). The molecule has 0 N–H and O–H groups in total. The second-order valence-electron chi connectivity index (χ2n) is 6.57. The fraction of sp³-hybridized carbons (Fsp3) is 0.579. The molecule has 0 spiro atoms. The van der Waals surface area contributed by atoms with Gasteiger partial charge in [-0.3, -0.25) is 4.79 Å².